The number of anilines is 1. The topological polar surface area (TPSA) is 129 Å². The highest BCUT2D eigenvalue weighted by Gasteiger charge is 2.27. The Morgan fingerprint density at radius 2 is 2.16 bits per heavy atom. The predicted octanol–water partition coefficient (Wildman–Crippen LogP) is 2.53. The fourth-order valence-corrected chi connectivity index (χ4v) is 3.55. The lowest BCUT2D eigenvalue weighted by Gasteiger charge is -2.25. The number of carbonyl (C=O) groups is 2. The summed E-state index contributed by atoms with van der Waals surface area (Å²) >= 11 is 0. The minimum Gasteiger partial charge on any atom is -0.497 e. The minimum atomic E-state index is -0.456. The molecule has 0 fully saturated rings. The van der Waals surface area contributed by atoms with E-state index in [2.05, 4.69) is 20.8 Å². The number of fused-ring (bicyclic) bond motifs is 1. The molecular formula is C23H21N5O4. The molecule has 1 atom stereocenters. The van der Waals surface area contributed by atoms with E-state index in [1.54, 1.807) is 37.7 Å². The number of nitrogens with zero attached hydrogens (tertiary/aromatic N) is 2. The van der Waals surface area contributed by atoms with E-state index in [4.69, 9.17) is 14.7 Å². The summed E-state index contributed by atoms with van der Waals surface area (Å²) in [6.45, 7) is 0.0888. The number of hydrogen-bond donors (Lipinski definition) is 3. The van der Waals surface area contributed by atoms with Gasteiger partial charge >= 0.3 is 0 Å². The first kappa shape index (κ1) is 20.9. The highest BCUT2D eigenvalue weighted by Crippen LogP contribution is 2.32. The zero-order valence-electron chi connectivity index (χ0n) is 17.3. The van der Waals surface area contributed by atoms with Crippen molar-refractivity contribution in [2.75, 3.05) is 25.6 Å². The van der Waals surface area contributed by atoms with Crippen molar-refractivity contribution < 1.29 is 19.1 Å². The fourth-order valence-electron chi connectivity index (χ4n) is 3.55. The van der Waals surface area contributed by atoms with Crippen LogP contribution in [0, 0.1) is 17.2 Å². The fraction of sp³-hybridized carbons (Fsp3) is 0.217. The summed E-state index contributed by atoms with van der Waals surface area (Å²) in [4.78, 5) is 25.7. The third kappa shape index (κ3) is 4.39. The van der Waals surface area contributed by atoms with Crippen molar-refractivity contribution in [3.05, 3.63) is 59.9 Å². The smallest absolute Gasteiger partial charge is 0.254 e. The summed E-state index contributed by atoms with van der Waals surface area (Å²) in [5, 5.41) is 20.8. The average molecular weight is 431 g/mol. The van der Waals surface area contributed by atoms with Crippen molar-refractivity contribution in [3.8, 4) is 28.7 Å². The van der Waals surface area contributed by atoms with Gasteiger partial charge in [0.1, 0.15) is 24.7 Å². The van der Waals surface area contributed by atoms with Crippen molar-refractivity contribution in [1.82, 2.24) is 15.5 Å². The van der Waals surface area contributed by atoms with Crippen LogP contribution in [0.3, 0.4) is 0 Å². The van der Waals surface area contributed by atoms with Crippen LogP contribution in [0.4, 0.5) is 5.69 Å². The molecule has 2 heterocycles. The van der Waals surface area contributed by atoms with Crippen LogP contribution in [0.25, 0.3) is 11.1 Å². The number of aromatic nitrogens is 2. The first-order chi connectivity index (χ1) is 15.6. The Kier molecular flexibility index (Phi) is 6.03. The molecule has 0 saturated heterocycles. The number of nitriles is 1. The standard InChI is InChI=1S/C23H21N5O4/c1-31-18-3-5-21-15(9-18)8-16(13-32-21)22(29)28-20-4-2-14(17-11-26-27-12-17)10-19(20)23(30)25-7-6-24/h2-5,9-12,16H,7-8,13H2,1H3,(H,25,30)(H,26,27)(H,28,29). The molecule has 2 aromatic carbocycles. The number of nitrogens with one attached hydrogen (secondary N) is 3. The predicted molar refractivity (Wildman–Crippen MR) is 116 cm³/mol. The van der Waals surface area contributed by atoms with Gasteiger partial charge in [-0.25, -0.2) is 0 Å². The number of H-pyrrole nitrogens is 1. The summed E-state index contributed by atoms with van der Waals surface area (Å²) in [7, 11) is 1.59. The Morgan fingerprint density at radius 1 is 1.28 bits per heavy atom. The van der Waals surface area contributed by atoms with Crippen molar-refractivity contribution in [2.45, 2.75) is 6.42 Å². The maximum Gasteiger partial charge on any atom is 0.254 e. The van der Waals surface area contributed by atoms with Gasteiger partial charge in [-0.05, 0) is 47.9 Å². The molecule has 0 aliphatic carbocycles. The molecule has 9 heteroatoms. The van der Waals surface area contributed by atoms with E-state index in [0.717, 1.165) is 22.4 Å². The molecule has 0 saturated carbocycles. The van der Waals surface area contributed by atoms with Gasteiger partial charge in [-0.2, -0.15) is 10.4 Å². The second-order valence-corrected chi connectivity index (χ2v) is 7.26. The zero-order valence-corrected chi connectivity index (χ0v) is 17.3. The summed E-state index contributed by atoms with van der Waals surface area (Å²) < 4.78 is 11.0. The molecule has 1 aliphatic rings. The highest BCUT2D eigenvalue weighted by molar-refractivity contribution is 6.05. The Hall–Kier alpha value is -4.32. The largest absolute Gasteiger partial charge is 0.497 e. The molecule has 162 valence electrons. The van der Waals surface area contributed by atoms with Gasteiger partial charge in [0.05, 0.1) is 36.5 Å². The van der Waals surface area contributed by atoms with E-state index < -0.39 is 11.8 Å². The normalized spacial score (nSPS) is 14.4. The molecule has 0 spiro atoms. The van der Waals surface area contributed by atoms with Gasteiger partial charge in [0.2, 0.25) is 5.91 Å². The monoisotopic (exact) mass is 431 g/mol. The van der Waals surface area contributed by atoms with Crippen molar-refractivity contribution >= 4 is 17.5 Å². The lowest BCUT2D eigenvalue weighted by molar-refractivity contribution is -0.121. The van der Waals surface area contributed by atoms with Gasteiger partial charge in [-0.1, -0.05) is 6.07 Å². The Labute approximate surface area is 184 Å². The average Bonchev–Trinajstić information content (AvgIpc) is 3.37. The first-order valence-electron chi connectivity index (χ1n) is 9.98. The van der Waals surface area contributed by atoms with Crippen LogP contribution in [0.2, 0.25) is 0 Å². The molecule has 3 N–H and O–H groups in total. The number of ether oxygens (including phenoxy) is 2. The number of hydrogen-bond acceptors (Lipinski definition) is 6. The molecule has 32 heavy (non-hydrogen) atoms. The minimum absolute atomic E-state index is 0.142. The molecule has 1 aromatic heterocycles. The molecule has 2 amide bonds. The summed E-state index contributed by atoms with van der Waals surface area (Å²) in [5.74, 6) is 0.278. The molecule has 3 aromatic rings. The Morgan fingerprint density at radius 3 is 2.91 bits per heavy atom. The molecule has 0 bridgehead atoms. The van der Waals surface area contributed by atoms with Crippen LogP contribution in [-0.2, 0) is 11.2 Å². The number of methoxy groups -OCH3 is 1. The number of rotatable bonds is 6. The molecule has 1 aliphatic heterocycles. The first-order valence-corrected chi connectivity index (χ1v) is 9.98. The van der Waals surface area contributed by atoms with Gasteiger partial charge in [0.25, 0.3) is 5.91 Å². The van der Waals surface area contributed by atoms with Gasteiger partial charge in [-0.3, -0.25) is 14.7 Å². The van der Waals surface area contributed by atoms with E-state index >= 15 is 0 Å². The van der Waals surface area contributed by atoms with Crippen LogP contribution in [0.15, 0.2) is 48.8 Å². The van der Waals surface area contributed by atoms with Crippen molar-refractivity contribution in [2.24, 2.45) is 5.92 Å². The maximum absolute atomic E-state index is 13.0. The lowest BCUT2D eigenvalue weighted by atomic mass is 9.95. The van der Waals surface area contributed by atoms with Crippen molar-refractivity contribution in [3.63, 3.8) is 0 Å². The summed E-state index contributed by atoms with van der Waals surface area (Å²) in [5.41, 5.74) is 3.04. The highest BCUT2D eigenvalue weighted by atomic mass is 16.5. The molecular weight excluding hydrogens is 410 g/mol. The second kappa shape index (κ2) is 9.22. The van der Waals surface area contributed by atoms with Crippen LogP contribution < -0.4 is 20.1 Å². The van der Waals surface area contributed by atoms with Crippen LogP contribution in [-0.4, -0.2) is 42.3 Å². The Bertz CT molecular complexity index is 1180. The number of carbonyl (C=O) groups excluding carboxylic acids is 2. The molecule has 9 nitrogen and oxygen atoms in total. The SMILES string of the molecule is COc1ccc2c(c1)CC(C(=O)Nc1ccc(-c3cn[nH]c3)cc1C(=O)NCC#N)CO2. The Balaban J connectivity index is 1.56. The van der Waals surface area contributed by atoms with E-state index in [0.29, 0.717) is 17.9 Å². The van der Waals surface area contributed by atoms with Gasteiger partial charge in [0, 0.05) is 11.8 Å². The van der Waals surface area contributed by atoms with Crippen molar-refractivity contribution in [1.29, 1.82) is 5.26 Å². The number of aromatic amines is 1. The molecule has 1 unspecified atom stereocenters. The van der Waals surface area contributed by atoms with Gasteiger partial charge in [-0.15, -0.1) is 0 Å². The van der Waals surface area contributed by atoms with Crippen LogP contribution in [0.5, 0.6) is 11.5 Å². The van der Waals surface area contributed by atoms with Crippen LogP contribution >= 0.6 is 0 Å². The zero-order chi connectivity index (χ0) is 22.5. The summed E-state index contributed by atoms with van der Waals surface area (Å²) in [6.07, 6.45) is 3.83. The maximum atomic E-state index is 13.0. The van der Waals surface area contributed by atoms with Gasteiger partial charge < -0.3 is 20.1 Å². The molecule has 0 radical (unpaired) electrons. The van der Waals surface area contributed by atoms with Crippen LogP contribution in [0.1, 0.15) is 15.9 Å². The van der Waals surface area contributed by atoms with E-state index in [1.807, 2.05) is 24.3 Å². The third-order valence-corrected chi connectivity index (χ3v) is 5.23. The van der Waals surface area contributed by atoms with E-state index in [1.165, 1.54) is 0 Å². The van der Waals surface area contributed by atoms with E-state index in [9.17, 15) is 9.59 Å². The van der Waals surface area contributed by atoms with Gasteiger partial charge in [0.15, 0.2) is 0 Å². The summed E-state index contributed by atoms with van der Waals surface area (Å²) in [6, 6.07) is 12.5. The number of amides is 2. The molecule has 4 rings (SSSR count). The second-order valence-electron chi connectivity index (χ2n) is 7.26. The number of benzene rings is 2. The van der Waals surface area contributed by atoms with E-state index in [-0.39, 0.29) is 24.6 Å². The lowest BCUT2D eigenvalue weighted by Crippen LogP contribution is -2.33. The third-order valence-electron chi connectivity index (χ3n) is 5.23. The quantitative estimate of drug-likeness (QED) is 0.515.